The molecule has 1 aliphatic heterocycles. The number of Topliss-reactive ketones (excluding diaryl/α,β-unsaturated/α-hetero) is 1. The number of carbonyl (C=O) groups is 5. The molecule has 1 saturated carbocycles. The molecule has 3 heterocycles. The van der Waals surface area contributed by atoms with Crippen molar-refractivity contribution in [3.05, 3.63) is 47.9 Å². The number of amides is 4. The zero-order valence-corrected chi connectivity index (χ0v) is 32.0. The number of ketones is 1. The number of pyridine rings is 1. The van der Waals surface area contributed by atoms with Crippen molar-refractivity contribution in [1.82, 2.24) is 25.5 Å². The molecule has 3 N–H and O–H groups in total. The van der Waals surface area contributed by atoms with Gasteiger partial charge in [0, 0.05) is 36.1 Å². The Bertz CT molecular complexity index is 1930. The van der Waals surface area contributed by atoms with E-state index in [2.05, 4.69) is 27.5 Å². The molecular weight excluding hydrogens is 685 g/mol. The Morgan fingerprint density at radius 2 is 1.77 bits per heavy atom. The summed E-state index contributed by atoms with van der Waals surface area (Å²) in [6.45, 7) is 19.3. The van der Waals surface area contributed by atoms with E-state index in [9.17, 15) is 24.0 Å². The molecule has 5 atom stereocenters. The number of anilines is 1. The summed E-state index contributed by atoms with van der Waals surface area (Å²) in [5.74, 6) is -1.15. The molecule has 0 radical (unpaired) electrons. The first-order valence-electron chi connectivity index (χ1n) is 17.3. The van der Waals surface area contributed by atoms with Crippen molar-refractivity contribution >= 4 is 57.0 Å². The Balaban J connectivity index is 1.50. The molecule has 4 amide bonds. The lowest BCUT2D eigenvalue weighted by Gasteiger charge is -2.36. The Morgan fingerprint density at radius 1 is 1.06 bits per heavy atom. The highest BCUT2D eigenvalue weighted by Crippen LogP contribution is 2.45. The van der Waals surface area contributed by atoms with Crippen molar-refractivity contribution < 1.29 is 33.4 Å². The van der Waals surface area contributed by atoms with Gasteiger partial charge < -0.3 is 30.3 Å². The number of carbonyl (C=O) groups excluding carboxylic acids is 5. The Hall–Kier alpha value is -4.85. The Kier molecular flexibility index (Phi) is 10.5. The fraction of sp³-hybridized carbons (Fsp3) is 0.500. The van der Waals surface area contributed by atoms with Gasteiger partial charge >= 0.3 is 6.09 Å². The average molecular weight is 733 g/mol. The van der Waals surface area contributed by atoms with Crippen LogP contribution in [0.15, 0.2) is 42.3 Å². The van der Waals surface area contributed by atoms with Gasteiger partial charge in [0.05, 0.1) is 17.8 Å². The average Bonchev–Trinajstić information content (AvgIpc) is 3.31. The normalized spacial score (nSPS) is 21.9. The number of aryl methyl sites for hydroxylation is 1. The summed E-state index contributed by atoms with van der Waals surface area (Å²) in [6.07, 6.45) is 0.776. The molecule has 3 aromatic rings. The van der Waals surface area contributed by atoms with Crippen LogP contribution in [0.25, 0.3) is 22.3 Å². The molecule has 1 aromatic carbocycles. The highest BCUT2D eigenvalue weighted by Gasteiger charge is 2.59. The fourth-order valence-corrected chi connectivity index (χ4v) is 7.19. The first-order chi connectivity index (χ1) is 24.2. The number of ether oxygens (including phenoxy) is 2. The quantitative estimate of drug-likeness (QED) is 0.226. The number of nitrogens with zero attached hydrogens (tertiary/aromatic N) is 3. The van der Waals surface area contributed by atoms with Crippen LogP contribution in [-0.2, 0) is 23.9 Å². The van der Waals surface area contributed by atoms with Crippen molar-refractivity contribution in [2.75, 3.05) is 11.9 Å². The van der Waals surface area contributed by atoms with Crippen molar-refractivity contribution in [3.63, 3.8) is 0 Å². The molecular formula is C38H48N6O7S. The molecule has 1 saturated heterocycles. The lowest BCUT2D eigenvalue weighted by Crippen LogP contribution is -2.59. The highest BCUT2D eigenvalue weighted by atomic mass is 32.1. The number of fused-ring (bicyclic) bond motifs is 1. The van der Waals surface area contributed by atoms with Crippen LogP contribution >= 0.6 is 11.3 Å². The van der Waals surface area contributed by atoms with Crippen molar-refractivity contribution in [2.24, 2.45) is 11.3 Å². The lowest BCUT2D eigenvalue weighted by molar-refractivity contribution is -0.142. The van der Waals surface area contributed by atoms with E-state index < -0.39 is 52.7 Å². The van der Waals surface area contributed by atoms with Gasteiger partial charge in [0.1, 0.15) is 40.8 Å². The zero-order chi connectivity index (χ0) is 38.3. The SMILES string of the molecule is C=C[C@H]1C[C@]1(NC(=O)[C@@H]1C[C@@H](Oc2cc(-c3csc(NC(C)=O)n3)nc3cc(C)ccc23)CN1C(=O)[C@@H](NC(=O)OC(C)(C)C)C(C)(C)C)C(C)=O. The van der Waals surface area contributed by atoms with E-state index in [0.717, 1.165) is 10.9 Å². The minimum Gasteiger partial charge on any atom is -0.488 e. The second kappa shape index (κ2) is 14.3. The number of hydrogen-bond acceptors (Lipinski definition) is 10. The van der Waals surface area contributed by atoms with Gasteiger partial charge in [-0.15, -0.1) is 17.9 Å². The number of alkyl carbamates (subject to hydrolysis) is 1. The molecule has 2 aliphatic rings. The molecule has 2 aromatic heterocycles. The monoisotopic (exact) mass is 732 g/mol. The molecule has 2 fully saturated rings. The Labute approximate surface area is 307 Å². The largest absolute Gasteiger partial charge is 0.488 e. The maximum atomic E-state index is 14.5. The maximum absolute atomic E-state index is 14.5. The van der Waals surface area contributed by atoms with Crippen molar-refractivity contribution in [3.8, 4) is 17.1 Å². The predicted molar refractivity (Wildman–Crippen MR) is 199 cm³/mol. The standard InChI is InChI=1S/C38H48N6O7S/c1-11-23-17-38(23,21(3)45)43-32(47)29-15-24(18-44(29)33(48)31(36(5,6)7)42-35(49)51-37(8,9)10)50-30-16-27(28-19-52-34(41-28)39-22(4)46)40-26-14-20(2)12-13-25(26)30/h11-14,16,19,23-24,29,31H,1,15,17-18H2,2-10H3,(H,42,49)(H,43,47)(H,39,41,46)/t23-,24+,29-,31+,38-/m0/s1. The number of hydrogen-bond donors (Lipinski definition) is 3. The predicted octanol–water partition coefficient (Wildman–Crippen LogP) is 5.56. The Morgan fingerprint density at radius 3 is 2.37 bits per heavy atom. The van der Waals surface area contributed by atoms with Crippen molar-refractivity contribution in [2.45, 2.75) is 104 Å². The maximum Gasteiger partial charge on any atom is 0.408 e. The molecule has 0 unspecified atom stereocenters. The number of nitrogens with one attached hydrogen (secondary N) is 3. The molecule has 5 rings (SSSR count). The van der Waals surface area contributed by atoms with E-state index in [1.807, 2.05) is 45.9 Å². The summed E-state index contributed by atoms with van der Waals surface area (Å²) in [6, 6.07) is 5.46. The van der Waals surface area contributed by atoms with E-state index in [1.165, 1.54) is 30.1 Å². The van der Waals surface area contributed by atoms with Gasteiger partial charge in [0.2, 0.25) is 17.7 Å². The lowest BCUT2D eigenvalue weighted by atomic mass is 9.85. The van der Waals surface area contributed by atoms with E-state index >= 15 is 0 Å². The van der Waals surface area contributed by atoms with Crippen LogP contribution in [0, 0.1) is 18.3 Å². The third-order valence-corrected chi connectivity index (χ3v) is 9.92. The molecule has 278 valence electrons. The van der Waals surface area contributed by atoms with Gasteiger partial charge in [-0.1, -0.05) is 32.9 Å². The zero-order valence-electron chi connectivity index (χ0n) is 31.2. The molecule has 0 spiro atoms. The van der Waals surface area contributed by atoms with E-state index in [4.69, 9.17) is 14.5 Å². The van der Waals surface area contributed by atoms with Crippen LogP contribution in [0.1, 0.15) is 73.8 Å². The van der Waals surface area contributed by atoms with Gasteiger partial charge in [0.25, 0.3) is 0 Å². The third-order valence-electron chi connectivity index (χ3n) is 9.17. The number of benzene rings is 1. The minimum absolute atomic E-state index is 0.0197. The molecule has 1 aliphatic carbocycles. The second-order valence-corrected chi connectivity index (χ2v) is 16.6. The van der Waals surface area contributed by atoms with E-state index in [0.29, 0.717) is 34.2 Å². The summed E-state index contributed by atoms with van der Waals surface area (Å²) in [7, 11) is 0. The van der Waals surface area contributed by atoms with Gasteiger partial charge in [-0.3, -0.25) is 19.2 Å². The minimum atomic E-state index is -1.08. The second-order valence-electron chi connectivity index (χ2n) is 15.7. The summed E-state index contributed by atoms with van der Waals surface area (Å²) in [5.41, 5.74) is 0.0507. The summed E-state index contributed by atoms with van der Waals surface area (Å²) in [4.78, 5) is 76.7. The fourth-order valence-electron chi connectivity index (χ4n) is 6.44. The van der Waals surface area contributed by atoms with Crippen LogP contribution < -0.4 is 20.7 Å². The molecule has 52 heavy (non-hydrogen) atoms. The summed E-state index contributed by atoms with van der Waals surface area (Å²) >= 11 is 1.27. The molecule has 0 bridgehead atoms. The topological polar surface area (TPSA) is 169 Å². The number of rotatable bonds is 10. The number of aromatic nitrogens is 2. The first-order valence-corrected chi connectivity index (χ1v) is 18.2. The summed E-state index contributed by atoms with van der Waals surface area (Å²) < 4.78 is 12.2. The van der Waals surface area contributed by atoms with Gasteiger partial charge in [-0.25, -0.2) is 14.8 Å². The molecule has 13 nitrogen and oxygen atoms in total. The third kappa shape index (κ3) is 8.43. The number of likely N-dealkylation sites (tertiary alicyclic amines) is 1. The highest BCUT2D eigenvalue weighted by molar-refractivity contribution is 7.14. The van der Waals surface area contributed by atoms with Gasteiger partial charge in [-0.2, -0.15) is 0 Å². The van der Waals surface area contributed by atoms with Crippen LogP contribution in [0.2, 0.25) is 0 Å². The van der Waals surface area contributed by atoms with Gasteiger partial charge in [-0.05, 0) is 64.2 Å². The molecule has 14 heteroatoms. The van der Waals surface area contributed by atoms with E-state index in [1.54, 1.807) is 38.3 Å². The smallest absolute Gasteiger partial charge is 0.408 e. The van der Waals surface area contributed by atoms with E-state index in [-0.39, 0.29) is 30.6 Å². The number of thiazole rings is 1. The van der Waals surface area contributed by atoms with Gasteiger partial charge in [0.15, 0.2) is 10.9 Å². The summed E-state index contributed by atoms with van der Waals surface area (Å²) in [5, 5.41) is 11.3. The van der Waals surface area contributed by atoms with Crippen LogP contribution in [-0.4, -0.2) is 80.3 Å². The van der Waals surface area contributed by atoms with Crippen molar-refractivity contribution in [1.29, 1.82) is 0 Å². The van der Waals surface area contributed by atoms with Crippen LogP contribution in [0.3, 0.4) is 0 Å². The van der Waals surface area contributed by atoms with Crippen LogP contribution in [0.5, 0.6) is 5.75 Å². The first kappa shape index (κ1) is 38.4. The van der Waals surface area contributed by atoms with Crippen LogP contribution in [0.4, 0.5) is 9.93 Å².